The summed E-state index contributed by atoms with van der Waals surface area (Å²) in [5.74, 6) is -0.222. The van der Waals surface area contributed by atoms with Gasteiger partial charge in [-0.3, -0.25) is 9.10 Å². The minimum Gasteiger partial charge on any atom is -0.354 e. The van der Waals surface area contributed by atoms with E-state index >= 15 is 0 Å². The molecular formula is C25H28N2O3S. The van der Waals surface area contributed by atoms with Crippen molar-refractivity contribution in [1.82, 2.24) is 5.32 Å². The summed E-state index contributed by atoms with van der Waals surface area (Å²) in [4.78, 5) is 13.0. The van der Waals surface area contributed by atoms with Gasteiger partial charge in [0.15, 0.2) is 0 Å². The third-order valence-corrected chi connectivity index (χ3v) is 7.01. The lowest BCUT2D eigenvalue weighted by Crippen LogP contribution is -2.42. The molecule has 0 aliphatic rings. The molecule has 0 aromatic heterocycles. The van der Waals surface area contributed by atoms with Gasteiger partial charge in [-0.15, -0.1) is 0 Å². The molecule has 0 heterocycles. The fourth-order valence-corrected chi connectivity index (χ4v) is 4.90. The van der Waals surface area contributed by atoms with Gasteiger partial charge in [-0.2, -0.15) is 0 Å². The van der Waals surface area contributed by atoms with Crippen molar-refractivity contribution in [3.05, 3.63) is 96.1 Å². The van der Waals surface area contributed by atoms with Crippen molar-refractivity contribution in [2.24, 2.45) is 0 Å². The van der Waals surface area contributed by atoms with Crippen molar-refractivity contribution in [3.8, 4) is 0 Å². The molecule has 0 unspecified atom stereocenters. The van der Waals surface area contributed by atoms with E-state index in [1.54, 1.807) is 42.5 Å². The average molecular weight is 437 g/mol. The van der Waals surface area contributed by atoms with Gasteiger partial charge in [0, 0.05) is 6.54 Å². The average Bonchev–Trinajstić information content (AvgIpc) is 2.82. The highest BCUT2D eigenvalue weighted by Crippen LogP contribution is 2.27. The van der Waals surface area contributed by atoms with Crippen LogP contribution < -0.4 is 9.62 Å². The smallest absolute Gasteiger partial charge is 0.264 e. The predicted octanol–water partition coefficient (Wildman–Crippen LogP) is 4.36. The van der Waals surface area contributed by atoms with Gasteiger partial charge in [0.25, 0.3) is 10.0 Å². The molecular weight excluding hydrogens is 408 g/mol. The highest BCUT2D eigenvalue weighted by molar-refractivity contribution is 7.92. The second-order valence-corrected chi connectivity index (χ2v) is 9.29. The fraction of sp³-hybridized carbons (Fsp3) is 0.240. The molecule has 1 amide bonds. The van der Waals surface area contributed by atoms with E-state index in [4.69, 9.17) is 0 Å². The molecule has 6 heteroatoms. The zero-order valence-electron chi connectivity index (χ0n) is 17.9. The lowest BCUT2D eigenvalue weighted by atomic mass is 10.0. The summed E-state index contributed by atoms with van der Waals surface area (Å²) < 4.78 is 28.1. The first kappa shape index (κ1) is 22.6. The minimum atomic E-state index is -3.90. The van der Waals surface area contributed by atoms with Crippen LogP contribution in [0, 0.1) is 0 Å². The number of para-hydroxylation sites is 1. The second kappa shape index (κ2) is 10.3. The van der Waals surface area contributed by atoms with Gasteiger partial charge in [-0.25, -0.2) is 8.42 Å². The quantitative estimate of drug-likeness (QED) is 0.542. The van der Waals surface area contributed by atoms with Gasteiger partial charge in [0.2, 0.25) is 5.91 Å². The molecule has 3 rings (SSSR count). The Balaban J connectivity index is 1.84. The molecule has 0 fully saturated rings. The van der Waals surface area contributed by atoms with Crippen LogP contribution >= 0.6 is 0 Å². The zero-order chi connectivity index (χ0) is 22.3. The topological polar surface area (TPSA) is 66.5 Å². The van der Waals surface area contributed by atoms with Crippen molar-refractivity contribution in [3.63, 3.8) is 0 Å². The molecule has 0 aliphatic carbocycles. The van der Waals surface area contributed by atoms with Crippen LogP contribution in [0.4, 0.5) is 5.69 Å². The van der Waals surface area contributed by atoms with Crippen LogP contribution in [0.1, 0.15) is 30.9 Å². The first-order valence-electron chi connectivity index (χ1n) is 10.4. The maximum absolute atomic E-state index is 13.4. The Morgan fingerprint density at radius 2 is 1.48 bits per heavy atom. The largest absolute Gasteiger partial charge is 0.354 e. The molecule has 0 bridgehead atoms. The SMILES string of the molecule is CCc1ccccc1N(CC(=O)NC[C@H](C)c1ccccc1)S(=O)(=O)c1ccccc1. The second-order valence-electron chi connectivity index (χ2n) is 7.42. The van der Waals surface area contributed by atoms with Gasteiger partial charge >= 0.3 is 0 Å². The Hall–Kier alpha value is -3.12. The first-order valence-corrected chi connectivity index (χ1v) is 11.8. The van der Waals surface area contributed by atoms with E-state index in [-0.39, 0.29) is 23.3 Å². The summed E-state index contributed by atoms with van der Waals surface area (Å²) in [7, 11) is -3.90. The zero-order valence-corrected chi connectivity index (χ0v) is 18.7. The molecule has 0 saturated carbocycles. The summed E-state index contributed by atoms with van der Waals surface area (Å²) in [6.07, 6.45) is 0.656. The van der Waals surface area contributed by atoms with E-state index in [1.165, 1.54) is 4.31 Å². The van der Waals surface area contributed by atoms with Gasteiger partial charge < -0.3 is 5.32 Å². The highest BCUT2D eigenvalue weighted by atomic mass is 32.2. The summed E-state index contributed by atoms with van der Waals surface area (Å²) in [5.41, 5.74) is 2.51. The van der Waals surface area contributed by atoms with Crippen molar-refractivity contribution >= 4 is 21.6 Å². The van der Waals surface area contributed by atoms with E-state index in [1.807, 2.05) is 56.3 Å². The Kier molecular flexibility index (Phi) is 7.47. The standard InChI is InChI=1S/C25H28N2O3S/c1-3-21-12-10-11-17-24(21)27(31(29,30)23-15-8-5-9-16-23)19-25(28)26-18-20(2)22-13-6-4-7-14-22/h4-17,20H,3,18-19H2,1-2H3,(H,26,28)/t20-/m0/s1. The number of nitrogens with zero attached hydrogens (tertiary/aromatic N) is 1. The molecule has 0 spiro atoms. The highest BCUT2D eigenvalue weighted by Gasteiger charge is 2.28. The van der Waals surface area contributed by atoms with E-state index < -0.39 is 10.0 Å². The molecule has 3 aromatic rings. The summed E-state index contributed by atoms with van der Waals surface area (Å²) in [6, 6.07) is 25.4. The number of sulfonamides is 1. The lowest BCUT2D eigenvalue weighted by molar-refractivity contribution is -0.119. The van der Waals surface area contributed by atoms with Crippen LogP contribution in [0.5, 0.6) is 0 Å². The Labute approximate surface area is 184 Å². The number of amides is 1. The minimum absolute atomic E-state index is 0.118. The number of aryl methyl sites for hydroxylation is 1. The Bertz CT molecular complexity index is 1100. The monoisotopic (exact) mass is 436 g/mol. The van der Waals surface area contributed by atoms with Crippen LogP contribution in [0.25, 0.3) is 0 Å². The molecule has 0 radical (unpaired) electrons. The number of benzene rings is 3. The van der Waals surface area contributed by atoms with Crippen molar-refractivity contribution in [1.29, 1.82) is 0 Å². The summed E-state index contributed by atoms with van der Waals surface area (Å²) >= 11 is 0. The maximum atomic E-state index is 13.4. The summed E-state index contributed by atoms with van der Waals surface area (Å²) in [5, 5.41) is 2.90. The van der Waals surface area contributed by atoms with Crippen LogP contribution in [0.3, 0.4) is 0 Å². The van der Waals surface area contributed by atoms with Gasteiger partial charge in [0.05, 0.1) is 10.6 Å². The van der Waals surface area contributed by atoms with Gasteiger partial charge in [0.1, 0.15) is 6.54 Å². The van der Waals surface area contributed by atoms with Crippen LogP contribution in [-0.4, -0.2) is 27.4 Å². The van der Waals surface area contributed by atoms with Crippen LogP contribution in [-0.2, 0) is 21.2 Å². The number of hydrogen-bond acceptors (Lipinski definition) is 3. The van der Waals surface area contributed by atoms with E-state index in [0.717, 1.165) is 11.1 Å². The van der Waals surface area contributed by atoms with Crippen molar-refractivity contribution in [2.45, 2.75) is 31.1 Å². The number of carbonyl (C=O) groups excluding carboxylic acids is 1. The molecule has 0 aliphatic heterocycles. The van der Waals surface area contributed by atoms with Gasteiger partial charge in [-0.1, -0.05) is 80.6 Å². The number of carbonyl (C=O) groups is 1. The van der Waals surface area contributed by atoms with Crippen LogP contribution in [0.2, 0.25) is 0 Å². The number of nitrogens with one attached hydrogen (secondary N) is 1. The molecule has 1 atom stereocenters. The molecule has 1 N–H and O–H groups in total. The van der Waals surface area contributed by atoms with Gasteiger partial charge in [-0.05, 0) is 41.7 Å². The third-order valence-electron chi connectivity index (χ3n) is 5.23. The van der Waals surface area contributed by atoms with Crippen LogP contribution in [0.15, 0.2) is 89.8 Å². The lowest BCUT2D eigenvalue weighted by Gasteiger charge is -2.26. The first-order chi connectivity index (χ1) is 14.9. The number of rotatable bonds is 9. The number of hydrogen-bond donors (Lipinski definition) is 1. The summed E-state index contributed by atoms with van der Waals surface area (Å²) in [6.45, 7) is 4.14. The van der Waals surface area contributed by atoms with Crippen molar-refractivity contribution < 1.29 is 13.2 Å². The molecule has 162 valence electrons. The van der Waals surface area contributed by atoms with Crippen molar-refractivity contribution in [2.75, 3.05) is 17.4 Å². The Morgan fingerprint density at radius 1 is 0.903 bits per heavy atom. The van der Waals surface area contributed by atoms with E-state index in [2.05, 4.69) is 5.32 Å². The third kappa shape index (κ3) is 5.52. The predicted molar refractivity (Wildman–Crippen MR) is 125 cm³/mol. The molecule has 0 saturated heterocycles. The molecule has 5 nitrogen and oxygen atoms in total. The van der Waals surface area contributed by atoms with E-state index in [0.29, 0.717) is 18.7 Å². The Morgan fingerprint density at radius 3 is 2.13 bits per heavy atom. The number of anilines is 1. The molecule has 3 aromatic carbocycles. The molecule has 31 heavy (non-hydrogen) atoms. The maximum Gasteiger partial charge on any atom is 0.264 e. The van der Waals surface area contributed by atoms with E-state index in [9.17, 15) is 13.2 Å². The fourth-order valence-electron chi connectivity index (χ4n) is 3.43. The normalized spacial score (nSPS) is 12.2.